The Kier molecular flexibility index (Phi) is 3.92. The first kappa shape index (κ1) is 13.9. The Labute approximate surface area is 132 Å². The molecule has 0 unspecified atom stereocenters. The van der Waals surface area contributed by atoms with Gasteiger partial charge in [-0.2, -0.15) is 4.98 Å². The number of morpholine rings is 2. The normalized spacial score (nSPS) is 19.6. The van der Waals surface area contributed by atoms with Crippen molar-refractivity contribution in [2.24, 2.45) is 0 Å². The Balaban J connectivity index is 1.50. The van der Waals surface area contributed by atoms with Gasteiger partial charge >= 0.3 is 0 Å². The van der Waals surface area contributed by atoms with Crippen LogP contribution < -0.4 is 9.80 Å². The van der Waals surface area contributed by atoms with Crippen LogP contribution in [0, 0.1) is 0 Å². The van der Waals surface area contributed by atoms with E-state index in [1.54, 1.807) is 11.3 Å². The quantitative estimate of drug-likeness (QED) is 0.886. The molecule has 0 aliphatic carbocycles. The molecule has 22 heavy (non-hydrogen) atoms. The smallest absolute Gasteiger partial charge is 0.245 e. The van der Waals surface area contributed by atoms with Crippen LogP contribution in [0.1, 0.15) is 0 Å². The third-order valence-electron chi connectivity index (χ3n) is 3.78. The summed E-state index contributed by atoms with van der Waals surface area (Å²) in [6.07, 6.45) is 0. The molecule has 0 atom stereocenters. The van der Waals surface area contributed by atoms with Crippen molar-refractivity contribution in [3.05, 3.63) is 5.38 Å². The van der Waals surface area contributed by atoms with Gasteiger partial charge in [0.25, 0.3) is 0 Å². The van der Waals surface area contributed by atoms with Crippen LogP contribution in [0.4, 0.5) is 11.1 Å². The van der Waals surface area contributed by atoms with Gasteiger partial charge in [-0.3, -0.25) is 5.10 Å². The first-order chi connectivity index (χ1) is 10.9. The minimum atomic E-state index is 0.720. The van der Waals surface area contributed by atoms with Crippen LogP contribution in [-0.4, -0.2) is 72.8 Å². The van der Waals surface area contributed by atoms with E-state index >= 15 is 0 Å². The Hall–Kier alpha value is -1.71. The molecule has 0 saturated carbocycles. The fraction of sp³-hybridized carbons (Fsp3) is 0.615. The molecule has 2 aliphatic heterocycles. The highest BCUT2D eigenvalue weighted by Crippen LogP contribution is 2.26. The maximum absolute atomic E-state index is 5.37. The monoisotopic (exact) mass is 322 g/mol. The van der Waals surface area contributed by atoms with Crippen molar-refractivity contribution in [2.45, 2.75) is 0 Å². The Morgan fingerprint density at radius 3 is 2.36 bits per heavy atom. The van der Waals surface area contributed by atoms with Crippen LogP contribution in [0.3, 0.4) is 0 Å². The number of aromatic amines is 1. The highest BCUT2D eigenvalue weighted by molar-refractivity contribution is 7.14. The number of H-pyrrole nitrogens is 1. The van der Waals surface area contributed by atoms with Gasteiger partial charge in [0.2, 0.25) is 5.95 Å². The lowest BCUT2D eigenvalue weighted by Crippen LogP contribution is -2.36. The lowest BCUT2D eigenvalue weighted by Gasteiger charge is -2.25. The minimum absolute atomic E-state index is 0.720. The largest absolute Gasteiger partial charge is 0.378 e. The molecule has 2 fully saturated rings. The molecule has 0 aromatic carbocycles. The zero-order chi connectivity index (χ0) is 14.8. The topological polar surface area (TPSA) is 79.4 Å². The molecule has 4 heterocycles. The van der Waals surface area contributed by atoms with Crippen LogP contribution in [-0.2, 0) is 9.47 Å². The Bertz CT molecular complexity index is 563. The van der Waals surface area contributed by atoms with Gasteiger partial charge in [0, 0.05) is 31.6 Å². The van der Waals surface area contributed by atoms with E-state index in [4.69, 9.17) is 9.47 Å². The number of nitrogens with zero attached hydrogens (tertiary/aromatic N) is 5. The standard InChI is InChI=1S/C13H18N6O2S/c1-5-20-6-2-18(1)12-15-11(16-17-12)10-9-22-13(14-10)19-3-7-21-8-4-19/h9H,1-8H2,(H,15,16,17). The van der Waals surface area contributed by atoms with Gasteiger partial charge in [-0.05, 0) is 0 Å². The molecule has 118 valence electrons. The molecule has 0 radical (unpaired) electrons. The Morgan fingerprint density at radius 1 is 0.955 bits per heavy atom. The fourth-order valence-corrected chi connectivity index (χ4v) is 3.41. The molecular formula is C13H18N6O2S. The summed E-state index contributed by atoms with van der Waals surface area (Å²) in [5.41, 5.74) is 0.846. The van der Waals surface area contributed by atoms with Crippen molar-refractivity contribution in [3.63, 3.8) is 0 Å². The molecule has 0 spiro atoms. The maximum Gasteiger partial charge on any atom is 0.245 e. The molecule has 8 nitrogen and oxygen atoms in total. The molecule has 0 bridgehead atoms. The number of thiazole rings is 1. The predicted octanol–water partition coefficient (Wildman–Crippen LogP) is 0.601. The fourth-order valence-electron chi connectivity index (χ4n) is 2.55. The number of nitrogens with one attached hydrogen (secondary N) is 1. The molecular weight excluding hydrogens is 304 g/mol. The van der Waals surface area contributed by atoms with Crippen LogP contribution in [0.2, 0.25) is 0 Å². The molecule has 1 N–H and O–H groups in total. The number of ether oxygens (including phenoxy) is 2. The van der Waals surface area contributed by atoms with Gasteiger partial charge in [-0.25, -0.2) is 4.98 Å². The third kappa shape index (κ3) is 2.79. The molecule has 2 aliphatic rings. The highest BCUT2D eigenvalue weighted by Gasteiger charge is 2.19. The maximum atomic E-state index is 5.37. The average Bonchev–Trinajstić information content (AvgIpc) is 3.26. The lowest BCUT2D eigenvalue weighted by atomic mass is 10.4. The van der Waals surface area contributed by atoms with Gasteiger partial charge in [0.05, 0.1) is 26.4 Å². The zero-order valence-electron chi connectivity index (χ0n) is 12.2. The van der Waals surface area contributed by atoms with Crippen LogP contribution >= 0.6 is 11.3 Å². The van der Waals surface area contributed by atoms with E-state index in [1.165, 1.54) is 0 Å². The number of rotatable bonds is 3. The van der Waals surface area contributed by atoms with E-state index in [1.807, 2.05) is 5.38 Å². The second-order valence-corrected chi connectivity index (χ2v) is 6.03. The number of anilines is 2. The summed E-state index contributed by atoms with van der Waals surface area (Å²) in [5, 5.41) is 10.3. The first-order valence-corrected chi connectivity index (χ1v) is 8.32. The number of aromatic nitrogens is 4. The Morgan fingerprint density at radius 2 is 1.64 bits per heavy atom. The van der Waals surface area contributed by atoms with E-state index in [-0.39, 0.29) is 0 Å². The van der Waals surface area contributed by atoms with E-state index in [2.05, 4.69) is 30.0 Å². The van der Waals surface area contributed by atoms with E-state index < -0.39 is 0 Å². The van der Waals surface area contributed by atoms with Crippen molar-refractivity contribution in [1.82, 2.24) is 20.2 Å². The second-order valence-electron chi connectivity index (χ2n) is 5.20. The number of hydrogen-bond acceptors (Lipinski definition) is 8. The second kappa shape index (κ2) is 6.19. The first-order valence-electron chi connectivity index (χ1n) is 7.44. The van der Waals surface area contributed by atoms with Crippen LogP contribution in [0.25, 0.3) is 11.5 Å². The number of hydrogen-bond donors (Lipinski definition) is 1. The predicted molar refractivity (Wildman–Crippen MR) is 83.6 cm³/mol. The van der Waals surface area contributed by atoms with Gasteiger partial charge in [0.1, 0.15) is 5.69 Å². The summed E-state index contributed by atoms with van der Waals surface area (Å²) >= 11 is 1.63. The van der Waals surface area contributed by atoms with Gasteiger partial charge < -0.3 is 19.3 Å². The molecule has 4 rings (SSSR count). The zero-order valence-corrected chi connectivity index (χ0v) is 13.0. The van der Waals surface area contributed by atoms with Crippen molar-refractivity contribution in [1.29, 1.82) is 0 Å². The lowest BCUT2D eigenvalue weighted by molar-refractivity contribution is 0.122. The third-order valence-corrected chi connectivity index (χ3v) is 4.69. The van der Waals surface area contributed by atoms with Gasteiger partial charge in [0.15, 0.2) is 11.0 Å². The van der Waals surface area contributed by atoms with Crippen molar-refractivity contribution in [2.75, 3.05) is 62.4 Å². The van der Waals surface area contributed by atoms with Gasteiger partial charge in [-0.1, -0.05) is 0 Å². The molecule has 9 heteroatoms. The SMILES string of the molecule is c1sc(N2CCOCC2)nc1-c1nc(N2CCOCC2)n[nH]1. The minimum Gasteiger partial charge on any atom is -0.378 e. The summed E-state index contributed by atoms with van der Waals surface area (Å²) < 4.78 is 10.7. The van der Waals surface area contributed by atoms with Crippen molar-refractivity contribution < 1.29 is 9.47 Å². The summed E-state index contributed by atoms with van der Waals surface area (Å²) in [7, 11) is 0. The van der Waals surface area contributed by atoms with E-state index in [9.17, 15) is 0 Å². The van der Waals surface area contributed by atoms with E-state index in [0.29, 0.717) is 0 Å². The highest BCUT2D eigenvalue weighted by atomic mass is 32.1. The van der Waals surface area contributed by atoms with Gasteiger partial charge in [-0.15, -0.1) is 16.4 Å². The summed E-state index contributed by atoms with van der Waals surface area (Å²) in [4.78, 5) is 13.6. The average molecular weight is 322 g/mol. The molecule has 2 aromatic rings. The molecule has 2 saturated heterocycles. The van der Waals surface area contributed by atoms with Crippen LogP contribution in [0.5, 0.6) is 0 Å². The van der Waals surface area contributed by atoms with Crippen molar-refractivity contribution in [3.8, 4) is 11.5 Å². The van der Waals surface area contributed by atoms with Crippen LogP contribution in [0.15, 0.2) is 5.38 Å². The van der Waals surface area contributed by atoms with Crippen molar-refractivity contribution >= 4 is 22.4 Å². The molecule has 0 amide bonds. The molecule has 2 aromatic heterocycles. The summed E-state index contributed by atoms with van der Waals surface area (Å²) in [5.74, 6) is 1.44. The van der Waals surface area contributed by atoms with E-state index in [0.717, 1.165) is 75.2 Å². The summed E-state index contributed by atoms with van der Waals surface area (Å²) in [6.45, 7) is 6.41. The summed E-state index contributed by atoms with van der Waals surface area (Å²) in [6, 6.07) is 0.